The summed E-state index contributed by atoms with van der Waals surface area (Å²) in [6.45, 7) is 6.04. The molecule has 4 aliphatic rings. The topological polar surface area (TPSA) is 161 Å². The number of rotatable bonds is 5. The number of anilines is 4. The molecule has 15 nitrogen and oxygen atoms in total. The molecule has 0 aromatic carbocycles. The Bertz CT molecular complexity index is 1760. The second-order valence-electron chi connectivity index (χ2n) is 12.8. The van der Waals surface area contributed by atoms with Crippen LogP contribution in [0.15, 0.2) is 30.7 Å². The van der Waals surface area contributed by atoms with Gasteiger partial charge in [-0.15, -0.1) is 5.10 Å². The second kappa shape index (κ2) is 11.4. The Labute approximate surface area is 265 Å². The van der Waals surface area contributed by atoms with Gasteiger partial charge in [-0.05, 0) is 51.2 Å². The van der Waals surface area contributed by atoms with Crippen LogP contribution in [0.4, 0.5) is 27.9 Å². The van der Waals surface area contributed by atoms with Crippen molar-refractivity contribution in [3.63, 3.8) is 0 Å². The maximum Gasteiger partial charge on any atom is 0.404 e. The Hall–Kier alpha value is -4.50. The number of ether oxygens (including phenoxy) is 2. The normalized spacial score (nSPS) is 24.3. The monoisotopic (exact) mass is 629 g/mol. The lowest BCUT2D eigenvalue weighted by Crippen LogP contribution is -2.54. The van der Waals surface area contributed by atoms with Crippen LogP contribution >= 0.6 is 0 Å². The predicted molar refractivity (Wildman–Crippen MR) is 170 cm³/mol. The molecule has 242 valence electrons. The summed E-state index contributed by atoms with van der Waals surface area (Å²) >= 11 is 0. The molecule has 0 bridgehead atoms. The summed E-state index contributed by atoms with van der Waals surface area (Å²) < 4.78 is 15.8. The Morgan fingerprint density at radius 2 is 2.00 bits per heavy atom. The lowest BCUT2D eigenvalue weighted by Gasteiger charge is -2.42. The molecule has 1 spiro atoms. The molecule has 3 N–H and O–H groups in total. The quantitative estimate of drug-likeness (QED) is 0.295. The van der Waals surface area contributed by atoms with Crippen LogP contribution in [0.1, 0.15) is 45.3 Å². The molecule has 46 heavy (non-hydrogen) atoms. The number of piperidine rings is 1. The van der Waals surface area contributed by atoms with Crippen LogP contribution in [0, 0.1) is 5.41 Å². The van der Waals surface area contributed by atoms with Gasteiger partial charge in [0, 0.05) is 57.0 Å². The highest BCUT2D eigenvalue weighted by molar-refractivity contribution is 5.90. The number of amides is 1. The summed E-state index contributed by atoms with van der Waals surface area (Å²) in [4.78, 5) is 31.0. The van der Waals surface area contributed by atoms with Crippen molar-refractivity contribution >= 4 is 40.4 Å². The Morgan fingerprint density at radius 1 is 1.13 bits per heavy atom. The van der Waals surface area contributed by atoms with Gasteiger partial charge in [0.2, 0.25) is 0 Å². The van der Waals surface area contributed by atoms with Crippen molar-refractivity contribution < 1.29 is 19.4 Å². The molecule has 0 saturated carbocycles. The van der Waals surface area contributed by atoms with Crippen LogP contribution in [0.25, 0.3) is 22.4 Å². The number of nitrogens with one attached hydrogen (secondary N) is 2. The fourth-order valence-electron chi connectivity index (χ4n) is 7.50. The smallest absolute Gasteiger partial charge is 0.404 e. The van der Waals surface area contributed by atoms with E-state index in [9.17, 15) is 9.90 Å². The average Bonchev–Trinajstić information content (AvgIpc) is 3.77. The molecule has 1 unspecified atom stereocenters. The average molecular weight is 630 g/mol. The first-order valence-electron chi connectivity index (χ1n) is 16.1. The number of fused-ring (bicyclic) bond motifs is 2. The molecule has 4 aromatic heterocycles. The molecule has 0 radical (unpaired) electrons. The van der Waals surface area contributed by atoms with Gasteiger partial charge in [-0.2, -0.15) is 5.10 Å². The van der Waals surface area contributed by atoms with E-state index in [1.165, 1.54) is 0 Å². The molecule has 8 rings (SSSR count). The van der Waals surface area contributed by atoms with Crippen LogP contribution in [-0.2, 0) is 16.5 Å². The molecule has 15 heteroatoms. The van der Waals surface area contributed by atoms with E-state index >= 15 is 0 Å². The third kappa shape index (κ3) is 4.97. The maximum absolute atomic E-state index is 11.5. The van der Waals surface area contributed by atoms with Gasteiger partial charge in [-0.25, -0.2) is 24.4 Å². The first-order valence-corrected chi connectivity index (χ1v) is 16.1. The van der Waals surface area contributed by atoms with Crippen molar-refractivity contribution in [2.75, 3.05) is 54.5 Å². The highest BCUT2D eigenvalue weighted by Gasteiger charge is 2.50. The lowest BCUT2D eigenvalue weighted by molar-refractivity contribution is -0.0368. The molecule has 8 heterocycles. The van der Waals surface area contributed by atoms with E-state index in [4.69, 9.17) is 29.5 Å². The molecule has 0 aliphatic carbocycles. The molecule has 3 saturated heterocycles. The van der Waals surface area contributed by atoms with Gasteiger partial charge in [0.1, 0.15) is 5.82 Å². The lowest BCUT2D eigenvalue weighted by atomic mass is 9.73. The number of carboxylic acid groups (broad SMARTS) is 1. The summed E-state index contributed by atoms with van der Waals surface area (Å²) in [7, 11) is 1.90. The van der Waals surface area contributed by atoms with E-state index in [1.807, 2.05) is 43.3 Å². The summed E-state index contributed by atoms with van der Waals surface area (Å²) in [6, 6.07) is 3.85. The van der Waals surface area contributed by atoms with Crippen molar-refractivity contribution in [2.24, 2.45) is 12.5 Å². The summed E-state index contributed by atoms with van der Waals surface area (Å²) in [5, 5.41) is 25.1. The Morgan fingerprint density at radius 3 is 2.76 bits per heavy atom. The minimum atomic E-state index is -1.01. The van der Waals surface area contributed by atoms with Crippen LogP contribution in [0.2, 0.25) is 0 Å². The van der Waals surface area contributed by atoms with Gasteiger partial charge in [-0.3, -0.25) is 4.68 Å². The van der Waals surface area contributed by atoms with Crippen molar-refractivity contribution in [1.29, 1.82) is 0 Å². The first kappa shape index (κ1) is 28.9. The van der Waals surface area contributed by atoms with Gasteiger partial charge in [0.05, 0.1) is 42.5 Å². The third-order valence-electron chi connectivity index (χ3n) is 9.98. The van der Waals surface area contributed by atoms with Crippen molar-refractivity contribution in [3.05, 3.63) is 30.7 Å². The molecule has 4 aromatic rings. The van der Waals surface area contributed by atoms with Crippen LogP contribution in [0.3, 0.4) is 0 Å². The number of hydrogen-bond acceptors (Lipinski definition) is 11. The highest BCUT2D eigenvalue weighted by Crippen LogP contribution is 2.44. The maximum atomic E-state index is 11.5. The van der Waals surface area contributed by atoms with E-state index in [0.29, 0.717) is 32.0 Å². The second-order valence-corrected chi connectivity index (χ2v) is 12.8. The van der Waals surface area contributed by atoms with Gasteiger partial charge in [0.15, 0.2) is 29.0 Å². The standard InChI is InChI=1S/C31H39N11O4/c1-19-26(37-30(43)44)31(18-46-19)8-11-40(12-9-31)23-16-33-25-28(36-23)42(24-5-3-4-14-45-24)38-29(25)41-13-10-32-27-22(41)7-6-21(35-27)20-15-34-39(2)17-20/h6-7,15-17,19,24,26,37H,3-5,8-14,18H2,1-2H3,(H,32,35)(H,43,44)/t19-,24?,26+/m0/s1. The van der Waals surface area contributed by atoms with E-state index in [1.54, 1.807) is 4.68 Å². The highest BCUT2D eigenvalue weighted by atomic mass is 16.5. The zero-order chi connectivity index (χ0) is 31.4. The summed E-state index contributed by atoms with van der Waals surface area (Å²) in [5.41, 5.74) is 3.93. The number of aromatic nitrogens is 7. The predicted octanol–water partition coefficient (Wildman–Crippen LogP) is 3.53. The van der Waals surface area contributed by atoms with E-state index < -0.39 is 6.09 Å². The molecule has 3 atom stereocenters. The van der Waals surface area contributed by atoms with E-state index in [2.05, 4.69) is 31.6 Å². The molecule has 1 amide bonds. The van der Waals surface area contributed by atoms with Gasteiger partial charge < -0.3 is 35.0 Å². The minimum Gasteiger partial charge on any atom is -0.465 e. The zero-order valence-corrected chi connectivity index (χ0v) is 26.1. The number of hydrogen-bond donors (Lipinski definition) is 3. The summed E-state index contributed by atoms with van der Waals surface area (Å²) in [5.74, 6) is 2.31. The third-order valence-corrected chi connectivity index (χ3v) is 9.98. The minimum absolute atomic E-state index is 0.158. The van der Waals surface area contributed by atoms with Crippen molar-refractivity contribution in [1.82, 2.24) is 39.8 Å². The van der Waals surface area contributed by atoms with Crippen LogP contribution < -0.4 is 20.4 Å². The number of carbonyl (C=O) groups is 1. The molecule has 4 aliphatic heterocycles. The van der Waals surface area contributed by atoms with Crippen LogP contribution in [0.5, 0.6) is 0 Å². The van der Waals surface area contributed by atoms with Gasteiger partial charge >= 0.3 is 6.09 Å². The molecule has 3 fully saturated rings. The molecular weight excluding hydrogens is 590 g/mol. The largest absolute Gasteiger partial charge is 0.465 e. The fourth-order valence-corrected chi connectivity index (χ4v) is 7.50. The first-order chi connectivity index (χ1) is 22.4. The summed E-state index contributed by atoms with van der Waals surface area (Å²) in [6.07, 6.45) is 8.78. The number of nitrogens with zero attached hydrogens (tertiary/aromatic N) is 9. The van der Waals surface area contributed by atoms with Crippen molar-refractivity contribution in [2.45, 2.75) is 57.4 Å². The fraction of sp³-hybridized carbons (Fsp3) is 0.548. The zero-order valence-electron chi connectivity index (χ0n) is 26.1. The molecular formula is C31H39N11O4. The van der Waals surface area contributed by atoms with Gasteiger partial charge in [0.25, 0.3) is 0 Å². The number of aryl methyl sites for hydroxylation is 1. The Balaban J connectivity index is 1.12. The van der Waals surface area contributed by atoms with E-state index in [0.717, 1.165) is 85.1 Å². The SMILES string of the molecule is C[C@@H]1OCC2(CCN(c3cnc4c(N5CCNc6nc(-c7cnn(C)c7)ccc65)nn(C5CCCCO5)c4n3)CC2)[C@@H]1NC(=O)O. The van der Waals surface area contributed by atoms with Crippen LogP contribution in [-0.4, -0.2) is 97.3 Å². The number of pyridine rings is 1. The van der Waals surface area contributed by atoms with Gasteiger partial charge in [-0.1, -0.05) is 0 Å². The van der Waals surface area contributed by atoms with E-state index in [-0.39, 0.29) is 23.8 Å². The Kier molecular flexibility index (Phi) is 7.16. The van der Waals surface area contributed by atoms with Crippen molar-refractivity contribution in [3.8, 4) is 11.3 Å².